The van der Waals surface area contributed by atoms with Crippen molar-refractivity contribution in [1.29, 1.82) is 0 Å². The van der Waals surface area contributed by atoms with Crippen LogP contribution in [0.5, 0.6) is 11.5 Å². The minimum atomic E-state index is -0.462. The number of nitro groups is 1. The molecule has 126 valence electrons. The van der Waals surface area contributed by atoms with Gasteiger partial charge in [0.05, 0.1) is 23.3 Å². The number of rotatable bonds is 9. The summed E-state index contributed by atoms with van der Waals surface area (Å²) in [7, 11) is 0. The van der Waals surface area contributed by atoms with Crippen LogP contribution in [-0.2, 0) is 4.84 Å². The minimum absolute atomic E-state index is 0.0181. The van der Waals surface area contributed by atoms with E-state index in [1.165, 1.54) is 12.3 Å². The molecule has 0 bridgehead atoms. The molecule has 0 spiro atoms. The molecule has 0 saturated carbocycles. The fourth-order valence-corrected chi connectivity index (χ4v) is 1.91. The predicted molar refractivity (Wildman–Crippen MR) is 89.7 cm³/mol. The largest absolute Gasteiger partial charge is 0.494 e. The van der Waals surface area contributed by atoms with E-state index in [1.807, 2.05) is 31.2 Å². The van der Waals surface area contributed by atoms with Crippen LogP contribution in [0.3, 0.4) is 0 Å². The van der Waals surface area contributed by atoms with E-state index in [2.05, 4.69) is 5.16 Å². The van der Waals surface area contributed by atoms with Crippen molar-refractivity contribution < 1.29 is 19.2 Å². The van der Waals surface area contributed by atoms with E-state index in [-0.39, 0.29) is 12.3 Å². The Hall–Kier alpha value is -3.09. The van der Waals surface area contributed by atoms with Crippen molar-refractivity contribution in [2.45, 2.75) is 6.92 Å². The zero-order valence-electron chi connectivity index (χ0n) is 13.3. The summed E-state index contributed by atoms with van der Waals surface area (Å²) in [6.45, 7) is 3.07. The number of benzene rings is 2. The minimum Gasteiger partial charge on any atom is -0.494 e. The summed E-state index contributed by atoms with van der Waals surface area (Å²) in [6, 6.07) is 13.6. The van der Waals surface area contributed by atoms with E-state index in [9.17, 15) is 10.1 Å². The maximum Gasteiger partial charge on any atom is 0.278 e. The molecule has 7 nitrogen and oxygen atoms in total. The normalized spacial score (nSPS) is 10.5. The Bertz CT molecular complexity index is 686. The molecular formula is C17H18N2O5. The summed E-state index contributed by atoms with van der Waals surface area (Å²) in [6.07, 6.45) is 1.31. The quantitative estimate of drug-likeness (QED) is 0.304. The van der Waals surface area contributed by atoms with Crippen molar-refractivity contribution in [2.24, 2.45) is 5.16 Å². The van der Waals surface area contributed by atoms with E-state index < -0.39 is 4.92 Å². The van der Waals surface area contributed by atoms with E-state index in [0.29, 0.717) is 24.5 Å². The second kappa shape index (κ2) is 9.14. The van der Waals surface area contributed by atoms with Gasteiger partial charge in [-0.3, -0.25) is 10.1 Å². The Kier molecular flexibility index (Phi) is 6.58. The standard InChI is InChI=1S/C17H18N2O5/c1-2-22-15-7-9-16(10-8-15)23-11-12-24-18-13-14-5-3-4-6-17(14)19(20)21/h3-10,13H,2,11-12H2,1H3/b18-13+. The molecule has 0 aliphatic rings. The topological polar surface area (TPSA) is 83.2 Å². The van der Waals surface area contributed by atoms with Crippen LogP contribution in [0, 0.1) is 10.1 Å². The lowest BCUT2D eigenvalue weighted by atomic mass is 10.2. The van der Waals surface area contributed by atoms with E-state index in [1.54, 1.807) is 18.2 Å². The number of hydrogen-bond acceptors (Lipinski definition) is 6. The van der Waals surface area contributed by atoms with Gasteiger partial charge in [0.2, 0.25) is 0 Å². The average Bonchev–Trinajstić information content (AvgIpc) is 2.60. The van der Waals surface area contributed by atoms with Gasteiger partial charge in [0, 0.05) is 6.07 Å². The van der Waals surface area contributed by atoms with Crippen LogP contribution in [0.4, 0.5) is 5.69 Å². The first-order chi connectivity index (χ1) is 11.7. The van der Waals surface area contributed by atoms with Crippen LogP contribution in [0.2, 0.25) is 0 Å². The molecule has 0 heterocycles. The molecule has 2 aromatic carbocycles. The van der Waals surface area contributed by atoms with E-state index in [0.717, 1.165) is 5.75 Å². The van der Waals surface area contributed by atoms with Gasteiger partial charge in [-0.1, -0.05) is 17.3 Å². The number of ether oxygens (including phenoxy) is 2. The Balaban J connectivity index is 1.74. The van der Waals surface area contributed by atoms with Crippen molar-refractivity contribution >= 4 is 11.9 Å². The maximum absolute atomic E-state index is 10.9. The SMILES string of the molecule is CCOc1ccc(OCCO/N=C/c2ccccc2[N+](=O)[O-])cc1. The number of oxime groups is 1. The monoisotopic (exact) mass is 330 g/mol. The molecule has 0 aliphatic carbocycles. The van der Waals surface area contributed by atoms with Gasteiger partial charge >= 0.3 is 0 Å². The van der Waals surface area contributed by atoms with Gasteiger partial charge in [0.25, 0.3) is 5.69 Å². The van der Waals surface area contributed by atoms with Crippen molar-refractivity contribution in [3.8, 4) is 11.5 Å². The number of hydrogen-bond donors (Lipinski definition) is 0. The molecule has 24 heavy (non-hydrogen) atoms. The zero-order valence-corrected chi connectivity index (χ0v) is 13.3. The van der Waals surface area contributed by atoms with Gasteiger partial charge < -0.3 is 14.3 Å². The fourth-order valence-electron chi connectivity index (χ4n) is 1.91. The van der Waals surface area contributed by atoms with Crippen LogP contribution in [0.25, 0.3) is 0 Å². The number of para-hydroxylation sites is 1. The third-order valence-electron chi connectivity index (χ3n) is 2.98. The predicted octanol–water partition coefficient (Wildman–Crippen LogP) is 3.42. The van der Waals surface area contributed by atoms with Crippen LogP contribution in [0.1, 0.15) is 12.5 Å². The van der Waals surface area contributed by atoms with Gasteiger partial charge in [-0.15, -0.1) is 0 Å². The second-order valence-corrected chi connectivity index (χ2v) is 4.64. The molecule has 0 saturated heterocycles. The lowest BCUT2D eigenvalue weighted by Gasteiger charge is -2.07. The summed E-state index contributed by atoms with van der Waals surface area (Å²) in [5.41, 5.74) is 0.366. The van der Waals surface area contributed by atoms with Crippen molar-refractivity contribution in [3.63, 3.8) is 0 Å². The molecule has 2 aromatic rings. The molecule has 2 rings (SSSR count). The van der Waals surface area contributed by atoms with Crippen LogP contribution < -0.4 is 9.47 Å². The molecule has 0 aromatic heterocycles. The lowest BCUT2D eigenvalue weighted by Crippen LogP contribution is -2.04. The van der Waals surface area contributed by atoms with Gasteiger partial charge in [0.15, 0.2) is 6.61 Å². The maximum atomic E-state index is 10.9. The highest BCUT2D eigenvalue weighted by Gasteiger charge is 2.09. The Morgan fingerprint density at radius 1 is 1.04 bits per heavy atom. The lowest BCUT2D eigenvalue weighted by molar-refractivity contribution is -0.385. The molecule has 0 aliphatic heterocycles. The summed E-state index contributed by atoms with van der Waals surface area (Å²) in [4.78, 5) is 15.4. The Labute approximate surface area is 139 Å². The summed E-state index contributed by atoms with van der Waals surface area (Å²) in [5.74, 6) is 1.49. The van der Waals surface area contributed by atoms with Crippen LogP contribution in [-0.4, -0.2) is 31.0 Å². The Morgan fingerprint density at radius 3 is 2.38 bits per heavy atom. The Morgan fingerprint density at radius 2 is 1.71 bits per heavy atom. The first-order valence-corrected chi connectivity index (χ1v) is 7.45. The molecule has 0 atom stereocenters. The summed E-state index contributed by atoms with van der Waals surface area (Å²) in [5, 5.41) is 14.6. The van der Waals surface area contributed by atoms with Gasteiger partial charge in [-0.25, -0.2) is 0 Å². The van der Waals surface area contributed by atoms with Gasteiger partial charge in [0.1, 0.15) is 18.1 Å². The van der Waals surface area contributed by atoms with Crippen molar-refractivity contribution in [2.75, 3.05) is 19.8 Å². The molecule has 0 amide bonds. The van der Waals surface area contributed by atoms with Gasteiger partial charge in [-0.05, 0) is 37.3 Å². The van der Waals surface area contributed by atoms with E-state index >= 15 is 0 Å². The highest BCUT2D eigenvalue weighted by molar-refractivity contribution is 5.84. The van der Waals surface area contributed by atoms with Crippen molar-refractivity contribution in [1.82, 2.24) is 0 Å². The summed E-state index contributed by atoms with van der Waals surface area (Å²) >= 11 is 0. The molecular weight excluding hydrogens is 312 g/mol. The number of nitrogens with zero attached hydrogens (tertiary/aromatic N) is 2. The first kappa shape index (κ1) is 17.3. The van der Waals surface area contributed by atoms with Crippen LogP contribution in [0.15, 0.2) is 53.7 Å². The van der Waals surface area contributed by atoms with E-state index in [4.69, 9.17) is 14.3 Å². The number of nitro benzene ring substituents is 1. The fraction of sp³-hybridized carbons (Fsp3) is 0.235. The second-order valence-electron chi connectivity index (χ2n) is 4.64. The molecule has 0 unspecified atom stereocenters. The average molecular weight is 330 g/mol. The third-order valence-corrected chi connectivity index (χ3v) is 2.98. The molecule has 7 heteroatoms. The smallest absolute Gasteiger partial charge is 0.278 e. The molecule has 0 fully saturated rings. The molecule has 0 radical (unpaired) electrons. The van der Waals surface area contributed by atoms with Gasteiger partial charge in [-0.2, -0.15) is 0 Å². The highest BCUT2D eigenvalue weighted by Crippen LogP contribution is 2.17. The summed E-state index contributed by atoms with van der Waals surface area (Å²) < 4.78 is 10.8. The first-order valence-electron chi connectivity index (χ1n) is 7.45. The highest BCUT2D eigenvalue weighted by atomic mass is 16.6. The third kappa shape index (κ3) is 5.28. The van der Waals surface area contributed by atoms with Crippen molar-refractivity contribution in [3.05, 3.63) is 64.2 Å². The zero-order chi connectivity index (χ0) is 17.2. The van der Waals surface area contributed by atoms with Crippen LogP contribution >= 0.6 is 0 Å². The molecule has 0 N–H and O–H groups in total.